The van der Waals surface area contributed by atoms with Crippen LogP contribution in [0, 0.1) is 34.6 Å². The molecule has 6 nitrogen and oxygen atoms in total. The van der Waals surface area contributed by atoms with Gasteiger partial charge in [-0.3, -0.25) is 4.79 Å². The Balaban J connectivity index is 2.17. The lowest BCUT2D eigenvalue weighted by molar-refractivity contribution is -0.902. The number of nitrogens with one attached hydrogen (secondary N) is 2. The van der Waals surface area contributed by atoms with Crippen LogP contribution in [-0.2, 0) is 14.8 Å². The molecule has 1 amide bonds. The molecule has 2 rings (SSSR count). The van der Waals surface area contributed by atoms with Gasteiger partial charge in [0.25, 0.3) is 0 Å². The Morgan fingerprint density at radius 2 is 1.42 bits per heavy atom. The molecule has 0 aliphatic carbocycles. The minimum atomic E-state index is -3.49. The van der Waals surface area contributed by atoms with Crippen molar-refractivity contribution in [1.82, 2.24) is 9.62 Å². The number of rotatable bonds is 5. The van der Waals surface area contributed by atoms with Crippen molar-refractivity contribution in [2.45, 2.75) is 46.4 Å². The van der Waals surface area contributed by atoms with E-state index < -0.39 is 10.0 Å². The molecule has 1 fully saturated rings. The summed E-state index contributed by atoms with van der Waals surface area (Å²) in [5, 5.41) is 2.80. The van der Waals surface area contributed by atoms with Crippen LogP contribution in [0.25, 0.3) is 0 Å². The number of benzene rings is 1. The molecule has 1 aromatic rings. The molecule has 1 aliphatic heterocycles. The van der Waals surface area contributed by atoms with Crippen LogP contribution in [-0.4, -0.2) is 57.9 Å². The maximum atomic E-state index is 13.3. The fourth-order valence-electron chi connectivity index (χ4n) is 3.69. The van der Waals surface area contributed by atoms with E-state index in [0.29, 0.717) is 24.5 Å². The van der Waals surface area contributed by atoms with Crippen LogP contribution in [0.15, 0.2) is 4.90 Å². The van der Waals surface area contributed by atoms with Gasteiger partial charge >= 0.3 is 0 Å². The molecule has 1 saturated heterocycles. The standard InChI is InChI=1S/C19H31N3O3S/c1-13-14(2)16(4)19(17(5)15(13)3)26(24,25)22-11-9-21(10-12-22)8-7-20-18(6)23/h7-12H2,1-6H3,(H,20,23)/p+1. The Hall–Kier alpha value is -1.44. The van der Waals surface area contributed by atoms with Crippen LogP contribution in [0.4, 0.5) is 0 Å². The van der Waals surface area contributed by atoms with Crippen molar-refractivity contribution in [2.24, 2.45) is 0 Å². The van der Waals surface area contributed by atoms with Crippen LogP contribution in [0.1, 0.15) is 34.7 Å². The van der Waals surface area contributed by atoms with Crippen LogP contribution in [0.3, 0.4) is 0 Å². The summed E-state index contributed by atoms with van der Waals surface area (Å²) in [7, 11) is -3.49. The van der Waals surface area contributed by atoms with Gasteiger partial charge in [-0.2, -0.15) is 4.31 Å². The maximum absolute atomic E-state index is 13.3. The van der Waals surface area contributed by atoms with E-state index in [2.05, 4.69) is 12.2 Å². The minimum absolute atomic E-state index is 0.0262. The van der Waals surface area contributed by atoms with Gasteiger partial charge in [0.1, 0.15) is 0 Å². The van der Waals surface area contributed by atoms with Crippen LogP contribution in [0.2, 0.25) is 0 Å². The second kappa shape index (κ2) is 8.06. The molecule has 146 valence electrons. The van der Waals surface area contributed by atoms with Gasteiger partial charge in [-0.05, 0) is 62.4 Å². The summed E-state index contributed by atoms with van der Waals surface area (Å²) in [6.45, 7) is 15.4. The van der Waals surface area contributed by atoms with Gasteiger partial charge in [0, 0.05) is 6.92 Å². The fraction of sp³-hybridized carbons (Fsp3) is 0.632. The lowest BCUT2D eigenvalue weighted by Crippen LogP contribution is -3.15. The zero-order valence-corrected chi connectivity index (χ0v) is 17.6. The smallest absolute Gasteiger partial charge is 0.244 e. The van der Waals surface area contributed by atoms with Crippen molar-refractivity contribution in [3.8, 4) is 0 Å². The third-order valence-electron chi connectivity index (χ3n) is 5.81. The number of carbonyl (C=O) groups excluding carboxylic acids is 1. The van der Waals surface area contributed by atoms with Crippen LogP contribution < -0.4 is 10.2 Å². The highest BCUT2D eigenvalue weighted by Crippen LogP contribution is 2.31. The largest absolute Gasteiger partial charge is 0.351 e. The molecule has 0 bridgehead atoms. The molecule has 26 heavy (non-hydrogen) atoms. The Morgan fingerprint density at radius 1 is 0.962 bits per heavy atom. The third kappa shape index (κ3) is 4.10. The number of piperazine rings is 1. The van der Waals surface area contributed by atoms with Gasteiger partial charge < -0.3 is 10.2 Å². The van der Waals surface area contributed by atoms with E-state index in [4.69, 9.17) is 0 Å². The summed E-state index contributed by atoms with van der Waals surface area (Å²) in [4.78, 5) is 12.8. The number of sulfonamides is 1. The number of hydrogen-bond donors (Lipinski definition) is 2. The first kappa shape index (κ1) is 20.9. The SMILES string of the molecule is CC(=O)NCC[NH+]1CCN(S(=O)(=O)c2c(C)c(C)c(C)c(C)c2C)CC1. The van der Waals surface area contributed by atoms with Crippen LogP contribution >= 0.6 is 0 Å². The predicted octanol–water partition coefficient (Wildman–Crippen LogP) is 0.254. The Kier molecular flexibility index (Phi) is 6.47. The van der Waals surface area contributed by atoms with Crippen molar-refractivity contribution in [1.29, 1.82) is 0 Å². The van der Waals surface area contributed by atoms with Crippen molar-refractivity contribution < 1.29 is 18.1 Å². The summed E-state index contributed by atoms with van der Waals surface area (Å²) in [6.07, 6.45) is 0. The molecule has 0 aromatic heterocycles. The van der Waals surface area contributed by atoms with E-state index in [9.17, 15) is 13.2 Å². The zero-order valence-electron chi connectivity index (χ0n) is 16.8. The normalized spacial score (nSPS) is 16.7. The highest BCUT2D eigenvalue weighted by Gasteiger charge is 2.33. The second-order valence-electron chi connectivity index (χ2n) is 7.34. The molecule has 1 aromatic carbocycles. The fourth-order valence-corrected chi connectivity index (χ4v) is 5.69. The van der Waals surface area contributed by atoms with E-state index in [1.54, 1.807) is 4.31 Å². The predicted molar refractivity (Wildman–Crippen MR) is 103 cm³/mol. The Labute approximate surface area is 157 Å². The van der Waals surface area contributed by atoms with Gasteiger partial charge in [-0.25, -0.2) is 8.42 Å². The van der Waals surface area contributed by atoms with Crippen molar-refractivity contribution in [3.63, 3.8) is 0 Å². The van der Waals surface area contributed by atoms with Gasteiger partial charge in [0.05, 0.1) is 44.2 Å². The number of carbonyl (C=O) groups is 1. The van der Waals surface area contributed by atoms with Crippen molar-refractivity contribution >= 4 is 15.9 Å². The molecule has 0 atom stereocenters. The number of nitrogens with zero attached hydrogens (tertiary/aromatic N) is 1. The molecular formula is C19H32N3O3S+. The zero-order chi connectivity index (χ0) is 19.6. The number of amides is 1. The molecule has 2 N–H and O–H groups in total. The molecule has 0 saturated carbocycles. The van der Waals surface area contributed by atoms with E-state index in [1.165, 1.54) is 17.4 Å². The van der Waals surface area contributed by atoms with Gasteiger partial charge in [-0.1, -0.05) is 0 Å². The maximum Gasteiger partial charge on any atom is 0.244 e. The second-order valence-corrected chi connectivity index (χ2v) is 9.22. The number of hydrogen-bond acceptors (Lipinski definition) is 3. The van der Waals surface area contributed by atoms with E-state index in [-0.39, 0.29) is 5.91 Å². The molecular weight excluding hydrogens is 350 g/mol. The lowest BCUT2D eigenvalue weighted by Gasteiger charge is -2.32. The average Bonchev–Trinajstić information content (AvgIpc) is 2.58. The summed E-state index contributed by atoms with van der Waals surface area (Å²) in [5.41, 5.74) is 5.03. The van der Waals surface area contributed by atoms with E-state index in [1.807, 2.05) is 27.7 Å². The molecule has 7 heteroatoms. The van der Waals surface area contributed by atoms with Crippen molar-refractivity contribution in [2.75, 3.05) is 39.3 Å². The molecule has 0 unspecified atom stereocenters. The topological polar surface area (TPSA) is 70.9 Å². The molecule has 0 spiro atoms. The number of quaternary nitrogens is 1. The highest BCUT2D eigenvalue weighted by atomic mass is 32.2. The molecule has 0 radical (unpaired) electrons. The quantitative estimate of drug-likeness (QED) is 0.767. The van der Waals surface area contributed by atoms with Gasteiger partial charge in [0.15, 0.2) is 0 Å². The monoisotopic (exact) mass is 382 g/mol. The highest BCUT2D eigenvalue weighted by molar-refractivity contribution is 7.89. The third-order valence-corrected chi connectivity index (χ3v) is 7.98. The first-order valence-electron chi connectivity index (χ1n) is 9.22. The summed E-state index contributed by atoms with van der Waals surface area (Å²) >= 11 is 0. The van der Waals surface area contributed by atoms with Gasteiger partial charge in [-0.15, -0.1) is 0 Å². The van der Waals surface area contributed by atoms with E-state index >= 15 is 0 Å². The lowest BCUT2D eigenvalue weighted by atomic mass is 9.95. The summed E-state index contributed by atoms with van der Waals surface area (Å²) < 4.78 is 28.3. The minimum Gasteiger partial charge on any atom is -0.351 e. The molecule has 1 aliphatic rings. The first-order valence-corrected chi connectivity index (χ1v) is 10.7. The Morgan fingerprint density at radius 3 is 1.88 bits per heavy atom. The average molecular weight is 383 g/mol. The first-order chi connectivity index (χ1) is 12.1. The summed E-state index contributed by atoms with van der Waals surface area (Å²) in [6, 6.07) is 0. The van der Waals surface area contributed by atoms with Gasteiger partial charge in [0.2, 0.25) is 15.9 Å². The van der Waals surface area contributed by atoms with Crippen molar-refractivity contribution in [3.05, 3.63) is 27.8 Å². The van der Waals surface area contributed by atoms with Crippen LogP contribution in [0.5, 0.6) is 0 Å². The Bertz CT molecular complexity index is 766. The summed E-state index contributed by atoms with van der Waals surface area (Å²) in [5.74, 6) is -0.0262. The van der Waals surface area contributed by atoms with E-state index in [0.717, 1.165) is 41.9 Å². The molecule has 1 heterocycles.